The Hall–Kier alpha value is -2.50. The Morgan fingerprint density at radius 1 is 1.42 bits per heavy atom. The van der Waals surface area contributed by atoms with Crippen molar-refractivity contribution in [2.75, 3.05) is 6.54 Å². The molecule has 0 aliphatic rings. The number of carbonyl (C=O) groups excluding carboxylic acids is 1. The standard InChI is InChI=1S/C13H15N5O/c1-2-8-14-13(19)12(18-10-15-16-17-18)9-11-6-4-3-5-7-11/h2-7,10,12H,1,8-9H2,(H,14,19). The van der Waals surface area contributed by atoms with Gasteiger partial charge >= 0.3 is 0 Å². The van der Waals surface area contributed by atoms with Gasteiger partial charge in [0, 0.05) is 13.0 Å². The van der Waals surface area contributed by atoms with Crippen molar-refractivity contribution < 1.29 is 4.79 Å². The Balaban J connectivity index is 2.15. The first-order valence-corrected chi connectivity index (χ1v) is 5.96. The molecule has 1 aromatic heterocycles. The van der Waals surface area contributed by atoms with Crippen LogP contribution in [0.4, 0.5) is 0 Å². The second kappa shape index (κ2) is 6.44. The highest BCUT2D eigenvalue weighted by atomic mass is 16.2. The second-order valence-corrected chi connectivity index (χ2v) is 4.03. The number of aromatic nitrogens is 4. The number of benzene rings is 1. The average molecular weight is 257 g/mol. The van der Waals surface area contributed by atoms with Gasteiger partial charge in [0.25, 0.3) is 0 Å². The highest BCUT2D eigenvalue weighted by Crippen LogP contribution is 2.12. The largest absolute Gasteiger partial charge is 0.351 e. The summed E-state index contributed by atoms with van der Waals surface area (Å²) in [6.07, 6.45) is 3.62. The summed E-state index contributed by atoms with van der Waals surface area (Å²) in [6.45, 7) is 4.00. The minimum Gasteiger partial charge on any atom is -0.351 e. The molecule has 0 aliphatic heterocycles. The van der Waals surface area contributed by atoms with Crippen LogP contribution < -0.4 is 5.32 Å². The summed E-state index contributed by atoms with van der Waals surface area (Å²) >= 11 is 0. The average Bonchev–Trinajstić information content (AvgIpc) is 2.97. The Morgan fingerprint density at radius 3 is 2.84 bits per heavy atom. The lowest BCUT2D eigenvalue weighted by atomic mass is 10.1. The van der Waals surface area contributed by atoms with E-state index in [1.54, 1.807) is 6.08 Å². The maximum absolute atomic E-state index is 12.1. The zero-order valence-electron chi connectivity index (χ0n) is 10.4. The van der Waals surface area contributed by atoms with E-state index in [1.807, 2.05) is 30.3 Å². The maximum atomic E-state index is 12.1. The van der Waals surface area contributed by atoms with E-state index in [2.05, 4.69) is 27.4 Å². The fourth-order valence-electron chi connectivity index (χ4n) is 1.75. The van der Waals surface area contributed by atoms with Crippen LogP contribution in [0.2, 0.25) is 0 Å². The summed E-state index contributed by atoms with van der Waals surface area (Å²) < 4.78 is 1.46. The van der Waals surface area contributed by atoms with E-state index in [0.717, 1.165) is 5.56 Å². The van der Waals surface area contributed by atoms with E-state index in [4.69, 9.17) is 0 Å². The molecule has 0 saturated carbocycles. The van der Waals surface area contributed by atoms with Gasteiger partial charge in [0.1, 0.15) is 12.4 Å². The number of rotatable bonds is 6. The van der Waals surface area contributed by atoms with Gasteiger partial charge < -0.3 is 5.32 Å². The molecular formula is C13H15N5O. The van der Waals surface area contributed by atoms with Crippen molar-refractivity contribution in [3.05, 3.63) is 54.9 Å². The molecule has 2 aromatic rings. The van der Waals surface area contributed by atoms with Gasteiger partial charge in [-0.15, -0.1) is 11.7 Å². The van der Waals surface area contributed by atoms with Crippen molar-refractivity contribution in [3.8, 4) is 0 Å². The number of hydrogen-bond acceptors (Lipinski definition) is 4. The molecule has 1 N–H and O–H groups in total. The van der Waals surface area contributed by atoms with E-state index in [-0.39, 0.29) is 5.91 Å². The summed E-state index contributed by atoms with van der Waals surface area (Å²) in [5.74, 6) is -0.129. The predicted molar refractivity (Wildman–Crippen MR) is 70.2 cm³/mol. The Morgan fingerprint density at radius 2 is 2.21 bits per heavy atom. The molecule has 6 heteroatoms. The lowest BCUT2D eigenvalue weighted by Crippen LogP contribution is -2.34. The topological polar surface area (TPSA) is 72.7 Å². The highest BCUT2D eigenvalue weighted by Gasteiger charge is 2.21. The molecule has 19 heavy (non-hydrogen) atoms. The van der Waals surface area contributed by atoms with Gasteiger partial charge in [-0.2, -0.15) is 0 Å². The van der Waals surface area contributed by atoms with Crippen LogP contribution in [0.15, 0.2) is 49.3 Å². The number of hydrogen-bond donors (Lipinski definition) is 1. The highest BCUT2D eigenvalue weighted by molar-refractivity contribution is 5.80. The van der Waals surface area contributed by atoms with Crippen LogP contribution >= 0.6 is 0 Å². The second-order valence-electron chi connectivity index (χ2n) is 4.03. The zero-order valence-corrected chi connectivity index (χ0v) is 10.4. The minimum absolute atomic E-state index is 0.129. The molecule has 0 aliphatic carbocycles. The molecule has 0 fully saturated rings. The minimum atomic E-state index is -0.461. The van der Waals surface area contributed by atoms with E-state index in [1.165, 1.54) is 11.0 Å². The molecular weight excluding hydrogens is 242 g/mol. The Kier molecular flexibility index (Phi) is 4.39. The van der Waals surface area contributed by atoms with Gasteiger partial charge in [0.15, 0.2) is 0 Å². The van der Waals surface area contributed by atoms with Crippen LogP contribution in [-0.2, 0) is 11.2 Å². The molecule has 98 valence electrons. The number of nitrogens with one attached hydrogen (secondary N) is 1. The lowest BCUT2D eigenvalue weighted by Gasteiger charge is -2.15. The fraction of sp³-hybridized carbons (Fsp3) is 0.231. The zero-order chi connectivity index (χ0) is 13.5. The summed E-state index contributed by atoms with van der Waals surface area (Å²) in [7, 11) is 0. The fourth-order valence-corrected chi connectivity index (χ4v) is 1.75. The van der Waals surface area contributed by atoms with Gasteiger partial charge in [-0.05, 0) is 16.0 Å². The smallest absolute Gasteiger partial charge is 0.245 e. The quantitative estimate of drug-likeness (QED) is 0.775. The summed E-state index contributed by atoms with van der Waals surface area (Å²) in [5, 5.41) is 13.7. The Labute approximate surface area is 111 Å². The number of amides is 1. The van der Waals surface area contributed by atoms with E-state index in [0.29, 0.717) is 13.0 Å². The van der Waals surface area contributed by atoms with Gasteiger partial charge in [-0.3, -0.25) is 4.79 Å². The van der Waals surface area contributed by atoms with Gasteiger partial charge in [-0.1, -0.05) is 36.4 Å². The van der Waals surface area contributed by atoms with Crippen LogP contribution in [0.1, 0.15) is 11.6 Å². The van der Waals surface area contributed by atoms with Gasteiger partial charge in [0.2, 0.25) is 5.91 Å². The van der Waals surface area contributed by atoms with E-state index < -0.39 is 6.04 Å². The van der Waals surface area contributed by atoms with Crippen LogP contribution in [0.5, 0.6) is 0 Å². The van der Waals surface area contributed by atoms with E-state index >= 15 is 0 Å². The van der Waals surface area contributed by atoms with Crippen molar-refractivity contribution in [2.45, 2.75) is 12.5 Å². The molecule has 0 radical (unpaired) electrons. The number of tetrazole rings is 1. The molecule has 0 bridgehead atoms. The normalized spacial score (nSPS) is 11.8. The van der Waals surface area contributed by atoms with Gasteiger partial charge in [-0.25, -0.2) is 4.68 Å². The molecule has 1 aromatic carbocycles. The summed E-state index contributed by atoms with van der Waals surface area (Å²) in [4.78, 5) is 12.1. The van der Waals surface area contributed by atoms with Crippen molar-refractivity contribution in [2.24, 2.45) is 0 Å². The van der Waals surface area contributed by atoms with Crippen molar-refractivity contribution >= 4 is 5.91 Å². The van der Waals surface area contributed by atoms with Crippen LogP contribution in [-0.4, -0.2) is 32.7 Å². The van der Waals surface area contributed by atoms with Gasteiger partial charge in [0.05, 0.1) is 0 Å². The van der Waals surface area contributed by atoms with Crippen molar-refractivity contribution in [1.82, 2.24) is 25.5 Å². The number of carbonyl (C=O) groups is 1. The SMILES string of the molecule is C=CCNC(=O)C(Cc1ccccc1)n1cnnn1. The first-order valence-electron chi connectivity index (χ1n) is 5.96. The molecule has 2 rings (SSSR count). The molecule has 1 heterocycles. The third-order valence-corrected chi connectivity index (χ3v) is 2.68. The van der Waals surface area contributed by atoms with Crippen LogP contribution in [0.25, 0.3) is 0 Å². The molecule has 0 spiro atoms. The summed E-state index contributed by atoms with van der Waals surface area (Å²) in [6, 6.07) is 9.29. The lowest BCUT2D eigenvalue weighted by molar-refractivity contribution is -0.124. The third-order valence-electron chi connectivity index (χ3n) is 2.68. The number of nitrogens with zero attached hydrogens (tertiary/aromatic N) is 4. The third kappa shape index (κ3) is 3.48. The molecule has 1 amide bonds. The van der Waals surface area contributed by atoms with Crippen molar-refractivity contribution in [1.29, 1.82) is 0 Å². The molecule has 1 atom stereocenters. The van der Waals surface area contributed by atoms with Crippen LogP contribution in [0, 0.1) is 0 Å². The first kappa shape index (κ1) is 12.9. The monoisotopic (exact) mass is 257 g/mol. The van der Waals surface area contributed by atoms with Crippen molar-refractivity contribution in [3.63, 3.8) is 0 Å². The predicted octanol–water partition coefficient (Wildman–Crippen LogP) is 0.759. The Bertz CT molecular complexity index is 523. The molecule has 6 nitrogen and oxygen atoms in total. The first-order chi connectivity index (χ1) is 9.31. The maximum Gasteiger partial charge on any atom is 0.245 e. The molecule has 1 unspecified atom stereocenters. The molecule has 0 saturated heterocycles. The van der Waals surface area contributed by atoms with Crippen LogP contribution in [0.3, 0.4) is 0 Å². The van der Waals surface area contributed by atoms with E-state index in [9.17, 15) is 4.79 Å². The summed E-state index contributed by atoms with van der Waals surface area (Å²) in [5.41, 5.74) is 1.05.